The molecular weight excluding hydrogens is 320 g/mol. The number of hydrogen-bond donors (Lipinski definition) is 0. The highest BCUT2D eigenvalue weighted by Gasteiger charge is 2.56. The van der Waals surface area contributed by atoms with Crippen molar-refractivity contribution in [3.05, 3.63) is 23.8 Å². The summed E-state index contributed by atoms with van der Waals surface area (Å²) >= 11 is 0. The summed E-state index contributed by atoms with van der Waals surface area (Å²) in [6.45, 7) is 15.9. The van der Waals surface area contributed by atoms with E-state index in [1.807, 2.05) is 13.8 Å². The lowest BCUT2D eigenvalue weighted by Crippen LogP contribution is -2.44. The summed E-state index contributed by atoms with van der Waals surface area (Å²) in [5.74, 6) is -0.556. The molecule has 1 aliphatic carbocycles. The molecule has 2 fully saturated rings. The minimum Gasteiger partial charge on any atom is -0.414 e. The fourth-order valence-electron chi connectivity index (χ4n) is 3.30. The Bertz CT molecular complexity index is 544. The Kier molecular flexibility index (Phi) is 4.63. The van der Waals surface area contributed by atoms with E-state index < -0.39 is 14.1 Å². The van der Waals surface area contributed by atoms with Crippen molar-refractivity contribution in [3.8, 4) is 0 Å². The Balaban J connectivity index is 1.72. The first-order valence-corrected chi connectivity index (χ1v) is 11.9. The number of rotatable bonds is 4. The van der Waals surface area contributed by atoms with Crippen LogP contribution in [0.5, 0.6) is 0 Å². The molecule has 4 nitrogen and oxygen atoms in total. The molecule has 3 aliphatic rings. The zero-order valence-electron chi connectivity index (χ0n) is 16.1. The second-order valence-electron chi connectivity index (χ2n) is 9.11. The quantitative estimate of drug-likeness (QED) is 0.711. The topological polar surface area (TPSA) is 36.9 Å². The average Bonchev–Trinajstić information content (AvgIpc) is 3.10. The summed E-state index contributed by atoms with van der Waals surface area (Å²) in [4.78, 5) is 0. The molecule has 0 saturated carbocycles. The van der Waals surface area contributed by atoms with Gasteiger partial charge in [0.2, 0.25) is 0 Å². The Hall–Kier alpha value is -0.463. The third-order valence-corrected chi connectivity index (χ3v) is 10.2. The summed E-state index contributed by atoms with van der Waals surface area (Å²) < 4.78 is 25.1. The van der Waals surface area contributed by atoms with Gasteiger partial charge in [-0.25, -0.2) is 0 Å². The lowest BCUT2D eigenvalue weighted by atomic mass is 10.0. The van der Waals surface area contributed by atoms with E-state index in [-0.39, 0.29) is 29.5 Å². The third kappa shape index (κ3) is 3.42. The van der Waals surface area contributed by atoms with Crippen molar-refractivity contribution >= 4 is 8.32 Å². The van der Waals surface area contributed by atoms with Gasteiger partial charge in [0.05, 0.1) is 6.61 Å². The lowest BCUT2D eigenvalue weighted by Gasteiger charge is -2.37. The van der Waals surface area contributed by atoms with Crippen molar-refractivity contribution in [2.24, 2.45) is 0 Å². The van der Waals surface area contributed by atoms with Gasteiger partial charge in [-0.15, -0.1) is 0 Å². The maximum atomic E-state index is 6.41. The molecule has 24 heavy (non-hydrogen) atoms. The van der Waals surface area contributed by atoms with Crippen molar-refractivity contribution < 1.29 is 18.6 Å². The molecule has 0 aromatic rings. The van der Waals surface area contributed by atoms with Gasteiger partial charge in [0, 0.05) is 0 Å². The number of fused-ring (bicyclic) bond motifs is 1. The Morgan fingerprint density at radius 1 is 1.21 bits per heavy atom. The van der Waals surface area contributed by atoms with Crippen LogP contribution in [-0.4, -0.2) is 45.1 Å². The number of allylic oxidation sites excluding steroid dienone is 3. The van der Waals surface area contributed by atoms with E-state index in [1.54, 1.807) is 0 Å². The van der Waals surface area contributed by atoms with E-state index in [2.05, 4.69) is 52.1 Å². The van der Waals surface area contributed by atoms with Gasteiger partial charge in [0.25, 0.3) is 0 Å². The molecule has 0 N–H and O–H groups in total. The van der Waals surface area contributed by atoms with Crippen LogP contribution in [0.2, 0.25) is 18.1 Å². The van der Waals surface area contributed by atoms with E-state index in [0.29, 0.717) is 6.61 Å². The zero-order valence-corrected chi connectivity index (χ0v) is 17.1. The van der Waals surface area contributed by atoms with E-state index in [1.165, 1.54) is 5.57 Å². The van der Waals surface area contributed by atoms with Gasteiger partial charge in [-0.1, -0.05) is 39.0 Å². The van der Waals surface area contributed by atoms with Crippen molar-refractivity contribution in [1.82, 2.24) is 0 Å². The molecule has 2 heterocycles. The van der Waals surface area contributed by atoms with Crippen LogP contribution in [0, 0.1) is 0 Å². The van der Waals surface area contributed by atoms with E-state index in [4.69, 9.17) is 18.6 Å². The van der Waals surface area contributed by atoms with Gasteiger partial charge in [-0.2, -0.15) is 0 Å². The first-order chi connectivity index (χ1) is 11.0. The van der Waals surface area contributed by atoms with E-state index in [0.717, 1.165) is 6.42 Å². The normalized spacial score (nSPS) is 35.4. The maximum Gasteiger partial charge on any atom is 0.192 e. The maximum absolute atomic E-state index is 6.41. The lowest BCUT2D eigenvalue weighted by molar-refractivity contribution is -0.185. The summed E-state index contributed by atoms with van der Waals surface area (Å²) in [7, 11) is -1.81. The summed E-state index contributed by atoms with van der Waals surface area (Å²) in [5, 5.41) is 0.189. The van der Waals surface area contributed by atoms with Crippen molar-refractivity contribution in [2.75, 3.05) is 6.61 Å². The largest absolute Gasteiger partial charge is 0.414 e. The predicted octanol–water partition coefficient (Wildman–Crippen LogP) is 4.18. The first-order valence-electron chi connectivity index (χ1n) is 9.01. The van der Waals surface area contributed by atoms with Crippen LogP contribution in [-0.2, 0) is 18.6 Å². The number of hydrogen-bond acceptors (Lipinski definition) is 4. The van der Waals surface area contributed by atoms with Gasteiger partial charge in [0.1, 0.15) is 24.4 Å². The molecule has 4 atom stereocenters. The van der Waals surface area contributed by atoms with E-state index >= 15 is 0 Å². The molecule has 0 unspecified atom stereocenters. The monoisotopic (exact) mass is 352 g/mol. The second-order valence-corrected chi connectivity index (χ2v) is 13.9. The van der Waals surface area contributed by atoms with Crippen LogP contribution >= 0.6 is 0 Å². The predicted molar refractivity (Wildman–Crippen MR) is 97.5 cm³/mol. The molecule has 0 amide bonds. The molecule has 0 bridgehead atoms. The average molecular weight is 353 g/mol. The van der Waals surface area contributed by atoms with Gasteiger partial charge in [-0.05, 0) is 44.0 Å². The molecule has 2 saturated heterocycles. The molecule has 5 heteroatoms. The number of ether oxygens (including phenoxy) is 3. The Morgan fingerprint density at radius 2 is 1.88 bits per heavy atom. The molecule has 0 radical (unpaired) electrons. The van der Waals surface area contributed by atoms with Crippen LogP contribution in [0.25, 0.3) is 0 Å². The van der Waals surface area contributed by atoms with Gasteiger partial charge in [-0.3, -0.25) is 0 Å². The van der Waals surface area contributed by atoms with Crippen LogP contribution < -0.4 is 0 Å². The van der Waals surface area contributed by atoms with Crippen LogP contribution in [0.3, 0.4) is 0 Å². The fourth-order valence-corrected chi connectivity index (χ4v) is 4.31. The summed E-state index contributed by atoms with van der Waals surface area (Å²) in [6.07, 6.45) is 7.14. The van der Waals surface area contributed by atoms with Crippen molar-refractivity contribution in [2.45, 2.75) is 89.4 Å². The zero-order chi connectivity index (χ0) is 17.8. The van der Waals surface area contributed by atoms with Gasteiger partial charge in [0.15, 0.2) is 14.1 Å². The minimum absolute atomic E-state index is 0.0280. The highest BCUT2D eigenvalue weighted by molar-refractivity contribution is 6.74. The standard InChI is InChI=1S/C19H32O4Si/c1-18(2,3)24(6,7)20-12-14-16-17(23-19(4,5)22-16)15(21-14)13-10-8-9-11-13/h8-10,14-17H,11-12H2,1-7H3/t14-,15+,16-,17+/m1/s1. The smallest absolute Gasteiger partial charge is 0.192 e. The third-order valence-electron chi connectivity index (χ3n) is 5.73. The molecule has 136 valence electrons. The molecular formula is C19H32O4Si. The first kappa shape index (κ1) is 18.3. The molecule has 2 aliphatic heterocycles. The SMILES string of the molecule is CC1(C)O[C@@H]2[C@H](O1)[C@@H](CO[Si](C)(C)C(C)(C)C)O[C@H]2C1=CC=CC1. The summed E-state index contributed by atoms with van der Waals surface area (Å²) in [6, 6.07) is 0. The molecule has 0 aromatic carbocycles. The van der Waals surface area contributed by atoms with Crippen LogP contribution in [0.4, 0.5) is 0 Å². The van der Waals surface area contributed by atoms with Gasteiger partial charge >= 0.3 is 0 Å². The van der Waals surface area contributed by atoms with Crippen molar-refractivity contribution in [3.63, 3.8) is 0 Å². The summed E-state index contributed by atoms with van der Waals surface area (Å²) in [5.41, 5.74) is 1.28. The Labute approximate surface area is 147 Å². The Morgan fingerprint density at radius 3 is 2.46 bits per heavy atom. The van der Waals surface area contributed by atoms with E-state index in [9.17, 15) is 0 Å². The second kappa shape index (κ2) is 6.06. The van der Waals surface area contributed by atoms with Gasteiger partial charge < -0.3 is 18.6 Å². The van der Waals surface area contributed by atoms with Crippen LogP contribution in [0.15, 0.2) is 23.8 Å². The van der Waals surface area contributed by atoms with Crippen molar-refractivity contribution in [1.29, 1.82) is 0 Å². The molecule has 3 rings (SSSR count). The fraction of sp³-hybridized carbons (Fsp3) is 0.789. The molecule has 0 spiro atoms. The highest BCUT2D eigenvalue weighted by Crippen LogP contribution is 2.43. The highest BCUT2D eigenvalue weighted by atomic mass is 28.4. The van der Waals surface area contributed by atoms with Crippen LogP contribution in [0.1, 0.15) is 41.0 Å². The minimum atomic E-state index is -1.81. The molecule has 0 aromatic heterocycles.